The van der Waals surface area contributed by atoms with Crippen molar-refractivity contribution in [2.24, 2.45) is 5.92 Å². The zero-order chi connectivity index (χ0) is 22.3. The van der Waals surface area contributed by atoms with E-state index >= 15 is 0 Å². The van der Waals surface area contributed by atoms with Crippen molar-refractivity contribution in [3.63, 3.8) is 0 Å². The molecule has 0 saturated carbocycles. The highest BCUT2D eigenvalue weighted by Gasteiger charge is 2.37. The summed E-state index contributed by atoms with van der Waals surface area (Å²) in [5.41, 5.74) is 3.08. The normalized spacial score (nSPS) is 15.6. The van der Waals surface area contributed by atoms with Crippen LogP contribution >= 0.6 is 0 Å². The third kappa shape index (κ3) is 5.17. The number of benzene rings is 3. The van der Waals surface area contributed by atoms with E-state index in [9.17, 15) is 9.59 Å². The highest BCUT2D eigenvalue weighted by Crippen LogP contribution is 2.28. The van der Waals surface area contributed by atoms with Crippen LogP contribution in [0.4, 0.5) is 5.69 Å². The van der Waals surface area contributed by atoms with Gasteiger partial charge in [0.15, 0.2) is 0 Å². The largest absolute Gasteiger partial charge is 0.497 e. The molecule has 0 spiro atoms. The summed E-state index contributed by atoms with van der Waals surface area (Å²) in [5, 5.41) is 0. The predicted molar refractivity (Wildman–Crippen MR) is 125 cm³/mol. The number of hydrogen-bond donors (Lipinski definition) is 0. The first-order valence-corrected chi connectivity index (χ1v) is 10.9. The van der Waals surface area contributed by atoms with Gasteiger partial charge in [-0.3, -0.25) is 9.59 Å². The lowest BCUT2D eigenvalue weighted by molar-refractivity contribution is -0.136. The van der Waals surface area contributed by atoms with Crippen LogP contribution in [0.1, 0.15) is 17.5 Å². The first kappa shape index (κ1) is 21.6. The maximum absolute atomic E-state index is 13.5. The number of anilines is 1. The first-order chi connectivity index (χ1) is 15.6. The summed E-state index contributed by atoms with van der Waals surface area (Å²) in [6.07, 6.45) is 1.02. The van der Waals surface area contributed by atoms with Gasteiger partial charge in [0.1, 0.15) is 5.75 Å². The summed E-state index contributed by atoms with van der Waals surface area (Å²) in [6.45, 7) is 1.56. The Kier molecular flexibility index (Phi) is 6.85. The summed E-state index contributed by atoms with van der Waals surface area (Å²) < 4.78 is 5.21. The van der Waals surface area contributed by atoms with Crippen LogP contribution in [0.2, 0.25) is 0 Å². The average molecular weight is 429 g/mol. The number of ether oxygens (including phenoxy) is 1. The van der Waals surface area contributed by atoms with Crippen molar-refractivity contribution in [3.05, 3.63) is 96.1 Å². The molecule has 2 amide bonds. The molecule has 0 radical (unpaired) electrons. The summed E-state index contributed by atoms with van der Waals surface area (Å²) >= 11 is 0. The fraction of sp³-hybridized carbons (Fsp3) is 0.259. The van der Waals surface area contributed by atoms with Gasteiger partial charge >= 0.3 is 0 Å². The molecule has 3 aromatic carbocycles. The third-order valence-electron chi connectivity index (χ3n) is 5.90. The van der Waals surface area contributed by atoms with Crippen LogP contribution < -0.4 is 9.64 Å². The molecule has 5 heteroatoms. The topological polar surface area (TPSA) is 49.9 Å². The Hall–Kier alpha value is -3.60. The standard InChI is InChI=1S/C27H28N2O3/c1-32-25-14-12-24(13-15-25)29-20-23(18-26(29)30)27(31)28(19-22-10-6-3-7-11-22)17-16-21-8-4-2-5-9-21/h2-15,23H,16-20H2,1H3/t23-/m1/s1. The van der Waals surface area contributed by atoms with Gasteiger partial charge in [-0.05, 0) is 41.8 Å². The minimum atomic E-state index is -0.343. The highest BCUT2D eigenvalue weighted by molar-refractivity contribution is 6.00. The second kappa shape index (κ2) is 10.1. The van der Waals surface area contributed by atoms with Crippen LogP contribution in [-0.2, 0) is 22.6 Å². The van der Waals surface area contributed by atoms with Gasteiger partial charge in [0, 0.05) is 31.7 Å². The Balaban J connectivity index is 1.48. The molecular formula is C27H28N2O3. The molecule has 3 aromatic rings. The number of carbonyl (C=O) groups is 2. The van der Waals surface area contributed by atoms with Gasteiger partial charge in [0.2, 0.25) is 11.8 Å². The van der Waals surface area contributed by atoms with Crippen LogP contribution in [0.25, 0.3) is 0 Å². The monoisotopic (exact) mass is 428 g/mol. The fourth-order valence-electron chi connectivity index (χ4n) is 4.12. The molecule has 0 bridgehead atoms. The van der Waals surface area contributed by atoms with Crippen molar-refractivity contribution in [3.8, 4) is 5.75 Å². The van der Waals surface area contributed by atoms with Crippen molar-refractivity contribution in [1.29, 1.82) is 0 Å². The van der Waals surface area contributed by atoms with Crippen molar-refractivity contribution >= 4 is 17.5 Å². The molecule has 164 valence electrons. The van der Waals surface area contributed by atoms with Crippen molar-refractivity contribution in [2.45, 2.75) is 19.4 Å². The van der Waals surface area contributed by atoms with Gasteiger partial charge < -0.3 is 14.5 Å². The zero-order valence-corrected chi connectivity index (χ0v) is 18.3. The van der Waals surface area contributed by atoms with Crippen molar-refractivity contribution in [1.82, 2.24) is 4.90 Å². The molecule has 1 atom stereocenters. The SMILES string of the molecule is COc1ccc(N2C[C@H](C(=O)N(CCc3ccccc3)Cc3ccccc3)CC2=O)cc1. The van der Waals surface area contributed by atoms with Crippen LogP contribution in [0.5, 0.6) is 5.75 Å². The van der Waals surface area contributed by atoms with Crippen LogP contribution in [-0.4, -0.2) is 36.9 Å². The number of hydrogen-bond acceptors (Lipinski definition) is 3. The second-order valence-corrected chi connectivity index (χ2v) is 8.08. The van der Waals surface area contributed by atoms with E-state index in [1.807, 2.05) is 77.7 Å². The second-order valence-electron chi connectivity index (χ2n) is 8.08. The Morgan fingerprint density at radius 3 is 2.19 bits per heavy atom. The van der Waals surface area contributed by atoms with E-state index in [0.717, 1.165) is 23.4 Å². The first-order valence-electron chi connectivity index (χ1n) is 10.9. The van der Waals surface area contributed by atoms with Crippen LogP contribution in [0.15, 0.2) is 84.9 Å². The van der Waals surface area contributed by atoms with Crippen LogP contribution in [0, 0.1) is 5.92 Å². The molecule has 1 heterocycles. The lowest BCUT2D eigenvalue weighted by Crippen LogP contribution is -2.38. The van der Waals surface area contributed by atoms with E-state index in [0.29, 0.717) is 19.6 Å². The molecule has 0 unspecified atom stereocenters. The van der Waals surface area contributed by atoms with E-state index in [2.05, 4.69) is 12.1 Å². The molecule has 5 nitrogen and oxygen atoms in total. The fourth-order valence-corrected chi connectivity index (χ4v) is 4.12. The Labute approximate surface area is 189 Å². The Morgan fingerprint density at radius 2 is 1.56 bits per heavy atom. The Bertz CT molecular complexity index is 1040. The number of amides is 2. The maximum atomic E-state index is 13.5. The molecular weight excluding hydrogens is 400 g/mol. The number of carbonyl (C=O) groups excluding carboxylic acids is 2. The summed E-state index contributed by atoms with van der Waals surface area (Å²) in [7, 11) is 1.61. The third-order valence-corrected chi connectivity index (χ3v) is 5.90. The summed E-state index contributed by atoms with van der Waals surface area (Å²) in [6, 6.07) is 27.6. The minimum Gasteiger partial charge on any atom is -0.497 e. The average Bonchev–Trinajstić information content (AvgIpc) is 3.24. The molecule has 1 saturated heterocycles. The maximum Gasteiger partial charge on any atom is 0.228 e. The summed E-state index contributed by atoms with van der Waals surface area (Å²) in [5.74, 6) is 0.414. The minimum absolute atomic E-state index is 0.0174. The van der Waals surface area contributed by atoms with Gasteiger partial charge in [0.05, 0.1) is 13.0 Å². The molecule has 4 rings (SSSR count). The zero-order valence-electron chi connectivity index (χ0n) is 18.3. The number of rotatable bonds is 8. The lowest BCUT2D eigenvalue weighted by Gasteiger charge is -2.26. The Morgan fingerprint density at radius 1 is 0.938 bits per heavy atom. The molecule has 0 aliphatic carbocycles. The molecule has 32 heavy (non-hydrogen) atoms. The molecule has 1 aliphatic rings. The quantitative estimate of drug-likeness (QED) is 0.537. The van der Waals surface area contributed by atoms with E-state index < -0.39 is 0 Å². The number of nitrogens with zero attached hydrogens (tertiary/aromatic N) is 2. The van der Waals surface area contributed by atoms with Crippen molar-refractivity contribution in [2.75, 3.05) is 25.1 Å². The predicted octanol–water partition coefficient (Wildman–Crippen LogP) is 4.32. The van der Waals surface area contributed by atoms with E-state index in [4.69, 9.17) is 4.74 Å². The van der Waals surface area contributed by atoms with Gasteiger partial charge in [-0.25, -0.2) is 0 Å². The van der Waals surface area contributed by atoms with E-state index in [1.165, 1.54) is 5.56 Å². The molecule has 0 aromatic heterocycles. The van der Waals surface area contributed by atoms with E-state index in [1.54, 1.807) is 12.0 Å². The van der Waals surface area contributed by atoms with Gasteiger partial charge in [0.25, 0.3) is 0 Å². The van der Waals surface area contributed by atoms with Crippen LogP contribution in [0.3, 0.4) is 0 Å². The van der Waals surface area contributed by atoms with Gasteiger partial charge in [-0.15, -0.1) is 0 Å². The summed E-state index contributed by atoms with van der Waals surface area (Å²) in [4.78, 5) is 29.9. The van der Waals surface area contributed by atoms with Gasteiger partial charge in [-0.2, -0.15) is 0 Å². The van der Waals surface area contributed by atoms with E-state index in [-0.39, 0.29) is 24.2 Å². The van der Waals surface area contributed by atoms with Gasteiger partial charge in [-0.1, -0.05) is 60.7 Å². The highest BCUT2D eigenvalue weighted by atomic mass is 16.5. The smallest absolute Gasteiger partial charge is 0.228 e. The molecule has 1 fully saturated rings. The molecule has 0 N–H and O–H groups in total. The molecule has 1 aliphatic heterocycles. The van der Waals surface area contributed by atoms with Crippen molar-refractivity contribution < 1.29 is 14.3 Å². The number of methoxy groups -OCH3 is 1. The lowest BCUT2D eigenvalue weighted by atomic mass is 10.1.